The van der Waals surface area contributed by atoms with Crippen molar-refractivity contribution in [1.82, 2.24) is 9.97 Å². The molecule has 0 aliphatic heterocycles. The molecule has 0 saturated heterocycles. The highest BCUT2D eigenvalue weighted by molar-refractivity contribution is 6.01. The molecule has 1 N–H and O–H groups in total. The van der Waals surface area contributed by atoms with Gasteiger partial charge in [0.15, 0.2) is 0 Å². The normalized spacial score (nSPS) is 11.3. The first-order chi connectivity index (χ1) is 11.2. The van der Waals surface area contributed by atoms with E-state index in [-0.39, 0.29) is 0 Å². The summed E-state index contributed by atoms with van der Waals surface area (Å²) in [5.41, 5.74) is 3.12. The van der Waals surface area contributed by atoms with E-state index >= 15 is 0 Å². The van der Waals surface area contributed by atoms with Crippen molar-refractivity contribution in [3.8, 4) is 17.6 Å². The summed E-state index contributed by atoms with van der Waals surface area (Å²) in [5.74, 6) is 1.40. The molecule has 5 nitrogen and oxygen atoms in total. The van der Waals surface area contributed by atoms with Crippen molar-refractivity contribution >= 4 is 22.6 Å². The first-order valence-electron chi connectivity index (χ1n) is 7.01. The number of H-pyrrole nitrogens is 1. The number of rotatable bonds is 4. The fraction of sp³-hybridized carbons (Fsp3) is 0.111. The number of ether oxygens (including phenoxy) is 2. The molecule has 0 saturated carbocycles. The maximum atomic E-state index is 9.56. The summed E-state index contributed by atoms with van der Waals surface area (Å²) >= 11 is 0. The van der Waals surface area contributed by atoms with Crippen molar-refractivity contribution < 1.29 is 9.47 Å². The summed E-state index contributed by atoms with van der Waals surface area (Å²) in [7, 11) is 3.21. The molecule has 3 rings (SSSR count). The lowest BCUT2D eigenvalue weighted by atomic mass is 10.0. The second-order valence-corrected chi connectivity index (χ2v) is 4.94. The SMILES string of the molecule is COc1cncc(C=C(C#N)c2c[nH]c3ccc(OC)cc23)c1. The van der Waals surface area contributed by atoms with Gasteiger partial charge in [-0.15, -0.1) is 0 Å². The zero-order chi connectivity index (χ0) is 16.2. The van der Waals surface area contributed by atoms with Crippen LogP contribution in [0.25, 0.3) is 22.6 Å². The lowest BCUT2D eigenvalue weighted by Crippen LogP contribution is -1.86. The van der Waals surface area contributed by atoms with Crippen LogP contribution in [-0.4, -0.2) is 24.2 Å². The molecule has 2 heterocycles. The quantitative estimate of drug-likeness (QED) is 0.747. The molecule has 0 amide bonds. The molecule has 23 heavy (non-hydrogen) atoms. The van der Waals surface area contributed by atoms with Crippen LogP contribution >= 0.6 is 0 Å². The minimum absolute atomic E-state index is 0.541. The van der Waals surface area contributed by atoms with E-state index < -0.39 is 0 Å². The lowest BCUT2D eigenvalue weighted by molar-refractivity contribution is 0.413. The topological polar surface area (TPSA) is 70.9 Å². The largest absolute Gasteiger partial charge is 0.497 e. The molecule has 114 valence electrons. The summed E-state index contributed by atoms with van der Waals surface area (Å²) in [6.07, 6.45) is 6.93. The monoisotopic (exact) mass is 305 g/mol. The number of methoxy groups -OCH3 is 2. The molecule has 0 unspecified atom stereocenters. The van der Waals surface area contributed by atoms with E-state index in [9.17, 15) is 5.26 Å². The molecular weight excluding hydrogens is 290 g/mol. The predicted octanol–water partition coefficient (Wildman–Crippen LogP) is 3.64. The van der Waals surface area contributed by atoms with Gasteiger partial charge in [-0.25, -0.2) is 0 Å². The number of nitriles is 1. The highest BCUT2D eigenvalue weighted by Gasteiger charge is 2.10. The van der Waals surface area contributed by atoms with Crippen molar-refractivity contribution in [2.45, 2.75) is 0 Å². The minimum Gasteiger partial charge on any atom is -0.497 e. The Labute approximate surface area is 133 Å². The Morgan fingerprint density at radius 3 is 2.74 bits per heavy atom. The van der Waals surface area contributed by atoms with E-state index in [0.29, 0.717) is 11.3 Å². The average Bonchev–Trinajstić information content (AvgIpc) is 3.02. The summed E-state index contributed by atoms with van der Waals surface area (Å²) in [4.78, 5) is 7.28. The smallest absolute Gasteiger partial charge is 0.137 e. The van der Waals surface area contributed by atoms with E-state index in [1.54, 1.807) is 32.7 Å². The molecule has 0 spiro atoms. The lowest BCUT2D eigenvalue weighted by Gasteiger charge is -2.02. The first kappa shape index (κ1) is 14.7. The van der Waals surface area contributed by atoms with Crippen molar-refractivity contribution in [3.63, 3.8) is 0 Å². The van der Waals surface area contributed by atoms with Crippen LogP contribution < -0.4 is 9.47 Å². The van der Waals surface area contributed by atoms with Crippen LogP contribution in [0.5, 0.6) is 11.5 Å². The van der Waals surface area contributed by atoms with Crippen molar-refractivity contribution in [1.29, 1.82) is 5.26 Å². The van der Waals surface area contributed by atoms with E-state index in [1.165, 1.54) is 0 Å². The van der Waals surface area contributed by atoms with Crippen molar-refractivity contribution in [2.24, 2.45) is 0 Å². The van der Waals surface area contributed by atoms with Crippen LogP contribution in [0.15, 0.2) is 42.9 Å². The Balaban J connectivity index is 2.10. The van der Waals surface area contributed by atoms with Gasteiger partial charge in [0.25, 0.3) is 0 Å². The number of nitrogens with zero attached hydrogens (tertiary/aromatic N) is 2. The molecule has 0 atom stereocenters. The molecule has 3 aromatic rings. The van der Waals surface area contributed by atoms with Crippen LogP contribution in [0, 0.1) is 11.3 Å². The van der Waals surface area contributed by atoms with Crippen LogP contribution in [0.4, 0.5) is 0 Å². The van der Waals surface area contributed by atoms with Gasteiger partial charge in [0.05, 0.1) is 32.1 Å². The molecule has 0 bridgehead atoms. The second kappa shape index (κ2) is 6.24. The fourth-order valence-corrected chi connectivity index (χ4v) is 2.41. The van der Waals surface area contributed by atoms with Gasteiger partial charge in [-0.3, -0.25) is 4.98 Å². The molecule has 0 fully saturated rings. The average molecular weight is 305 g/mol. The second-order valence-electron chi connectivity index (χ2n) is 4.94. The van der Waals surface area contributed by atoms with E-state index in [0.717, 1.165) is 27.8 Å². The third-order valence-electron chi connectivity index (χ3n) is 3.58. The van der Waals surface area contributed by atoms with Gasteiger partial charge in [-0.1, -0.05) is 0 Å². The molecular formula is C18H15N3O2. The summed E-state index contributed by atoms with van der Waals surface area (Å²) in [6.45, 7) is 0. The van der Waals surface area contributed by atoms with Gasteiger partial charge in [-0.05, 0) is 35.9 Å². The molecule has 2 aromatic heterocycles. The van der Waals surface area contributed by atoms with Gasteiger partial charge in [-0.2, -0.15) is 5.26 Å². The maximum Gasteiger partial charge on any atom is 0.137 e. The number of hydrogen-bond acceptors (Lipinski definition) is 4. The minimum atomic E-state index is 0.541. The number of aromatic amines is 1. The first-order valence-corrected chi connectivity index (χ1v) is 7.01. The molecule has 0 aliphatic rings. The summed E-state index contributed by atoms with van der Waals surface area (Å²) < 4.78 is 10.4. The Morgan fingerprint density at radius 1 is 1.17 bits per heavy atom. The Hall–Kier alpha value is -3.26. The third-order valence-corrected chi connectivity index (χ3v) is 3.58. The summed E-state index contributed by atoms with van der Waals surface area (Å²) in [6, 6.07) is 9.81. The van der Waals surface area contributed by atoms with E-state index in [2.05, 4.69) is 16.0 Å². The number of allylic oxidation sites excluding steroid dienone is 1. The fourth-order valence-electron chi connectivity index (χ4n) is 2.41. The molecule has 5 heteroatoms. The van der Waals surface area contributed by atoms with Crippen LogP contribution in [-0.2, 0) is 0 Å². The van der Waals surface area contributed by atoms with E-state index in [1.807, 2.05) is 30.5 Å². The zero-order valence-electron chi connectivity index (χ0n) is 12.8. The van der Waals surface area contributed by atoms with Crippen LogP contribution in [0.1, 0.15) is 11.1 Å². The van der Waals surface area contributed by atoms with Crippen LogP contribution in [0.3, 0.4) is 0 Å². The number of aromatic nitrogens is 2. The highest BCUT2D eigenvalue weighted by atomic mass is 16.5. The van der Waals surface area contributed by atoms with Crippen molar-refractivity contribution in [3.05, 3.63) is 54.0 Å². The molecule has 0 radical (unpaired) electrons. The van der Waals surface area contributed by atoms with Gasteiger partial charge in [0, 0.05) is 28.9 Å². The van der Waals surface area contributed by atoms with Gasteiger partial charge in [0.2, 0.25) is 0 Å². The Morgan fingerprint density at radius 2 is 2.00 bits per heavy atom. The summed E-state index contributed by atoms with van der Waals surface area (Å²) in [5, 5.41) is 10.5. The number of hydrogen-bond donors (Lipinski definition) is 1. The van der Waals surface area contributed by atoms with Crippen molar-refractivity contribution in [2.75, 3.05) is 14.2 Å². The predicted molar refractivity (Wildman–Crippen MR) is 89.1 cm³/mol. The number of fused-ring (bicyclic) bond motifs is 1. The molecule has 1 aromatic carbocycles. The molecule has 0 aliphatic carbocycles. The number of nitrogens with one attached hydrogen (secondary N) is 1. The zero-order valence-corrected chi connectivity index (χ0v) is 12.8. The van der Waals surface area contributed by atoms with Crippen LogP contribution in [0.2, 0.25) is 0 Å². The van der Waals surface area contributed by atoms with E-state index in [4.69, 9.17) is 9.47 Å². The highest BCUT2D eigenvalue weighted by Crippen LogP contribution is 2.29. The Bertz CT molecular complexity index is 919. The third kappa shape index (κ3) is 2.87. The van der Waals surface area contributed by atoms with Gasteiger partial charge >= 0.3 is 0 Å². The van der Waals surface area contributed by atoms with Gasteiger partial charge < -0.3 is 14.5 Å². The maximum absolute atomic E-state index is 9.56. The number of pyridine rings is 1. The Kier molecular flexibility index (Phi) is 3.98. The number of benzene rings is 1. The van der Waals surface area contributed by atoms with Gasteiger partial charge in [0.1, 0.15) is 11.5 Å². The standard InChI is InChI=1S/C18H15N3O2/c1-22-14-3-4-18-16(7-14)17(11-21-18)13(8-19)5-12-6-15(23-2)10-20-9-12/h3-7,9-11,21H,1-2H3.